The molecule has 2 aliphatic rings. The van der Waals surface area contributed by atoms with Crippen molar-refractivity contribution in [3.05, 3.63) is 51.5 Å². The van der Waals surface area contributed by atoms with Gasteiger partial charge in [0.15, 0.2) is 0 Å². The third kappa shape index (κ3) is 4.42. The van der Waals surface area contributed by atoms with E-state index in [0.29, 0.717) is 31.9 Å². The molecule has 1 aromatic carbocycles. The Kier molecular flexibility index (Phi) is 5.73. The molecule has 1 saturated heterocycles. The summed E-state index contributed by atoms with van der Waals surface area (Å²) in [5.41, 5.74) is 1.94. The monoisotopic (exact) mass is 401 g/mol. The number of halogens is 1. The van der Waals surface area contributed by atoms with Crippen LogP contribution in [0, 0.1) is 5.82 Å². The molecule has 2 amide bonds. The summed E-state index contributed by atoms with van der Waals surface area (Å²) in [6.45, 7) is 2.88. The van der Waals surface area contributed by atoms with Gasteiger partial charge < -0.3 is 10.2 Å². The number of benzene rings is 1. The second-order valence-electron chi connectivity index (χ2n) is 7.39. The molecular formula is C21H24FN3O2S. The molecule has 0 saturated carbocycles. The second-order valence-corrected chi connectivity index (χ2v) is 8.53. The topological polar surface area (TPSA) is 52.7 Å². The van der Waals surface area contributed by atoms with E-state index in [1.165, 1.54) is 35.4 Å². The summed E-state index contributed by atoms with van der Waals surface area (Å²) in [6, 6.07) is 7.82. The van der Waals surface area contributed by atoms with Gasteiger partial charge in [-0.25, -0.2) is 4.39 Å². The van der Waals surface area contributed by atoms with E-state index < -0.39 is 0 Å². The van der Waals surface area contributed by atoms with E-state index in [1.54, 1.807) is 23.5 Å². The number of carbonyl (C=O) groups excluding carboxylic acids is 2. The van der Waals surface area contributed by atoms with Crippen molar-refractivity contribution >= 4 is 28.8 Å². The van der Waals surface area contributed by atoms with Crippen LogP contribution in [-0.2, 0) is 17.6 Å². The van der Waals surface area contributed by atoms with Crippen molar-refractivity contribution in [3.8, 4) is 0 Å². The zero-order valence-corrected chi connectivity index (χ0v) is 16.6. The number of amides is 2. The first kappa shape index (κ1) is 19.1. The van der Waals surface area contributed by atoms with E-state index in [9.17, 15) is 14.0 Å². The number of hydrogen-bond acceptors (Lipinski definition) is 4. The van der Waals surface area contributed by atoms with Gasteiger partial charge in [0.1, 0.15) is 5.82 Å². The molecule has 0 atom stereocenters. The second kappa shape index (κ2) is 8.41. The number of carbonyl (C=O) groups is 2. The van der Waals surface area contributed by atoms with Crippen molar-refractivity contribution in [1.29, 1.82) is 0 Å². The van der Waals surface area contributed by atoms with Crippen LogP contribution < -0.4 is 5.32 Å². The minimum absolute atomic E-state index is 0.120. The number of hydrogen-bond donors (Lipinski definition) is 1. The molecule has 5 nitrogen and oxygen atoms in total. The molecular weight excluding hydrogens is 377 g/mol. The lowest BCUT2D eigenvalue weighted by Crippen LogP contribution is -2.50. The van der Waals surface area contributed by atoms with Gasteiger partial charge in [-0.2, -0.15) is 0 Å². The minimum Gasteiger partial charge on any atom is -0.335 e. The van der Waals surface area contributed by atoms with Gasteiger partial charge in [-0.3, -0.25) is 14.5 Å². The summed E-state index contributed by atoms with van der Waals surface area (Å²) in [4.78, 5) is 31.2. The van der Waals surface area contributed by atoms with Crippen LogP contribution in [0.4, 0.5) is 10.1 Å². The molecule has 28 heavy (non-hydrogen) atoms. The highest BCUT2D eigenvalue weighted by molar-refractivity contribution is 7.14. The maximum atomic E-state index is 12.9. The van der Waals surface area contributed by atoms with Crippen LogP contribution in [0.5, 0.6) is 0 Å². The van der Waals surface area contributed by atoms with Crippen LogP contribution >= 0.6 is 11.3 Å². The predicted molar refractivity (Wildman–Crippen MR) is 108 cm³/mol. The molecule has 2 heterocycles. The first-order valence-electron chi connectivity index (χ1n) is 9.77. The standard InChI is InChI=1S/C21H24FN3O2S/c22-16-5-7-17(8-6-16)23-20(26)14-24-9-11-25(12-10-24)21(27)19-13-15-3-1-2-4-18(15)28-19/h5-8,13H,1-4,9-12,14H2,(H,23,26). The highest BCUT2D eigenvalue weighted by Gasteiger charge is 2.25. The Morgan fingerprint density at radius 3 is 2.46 bits per heavy atom. The molecule has 1 aliphatic heterocycles. The summed E-state index contributed by atoms with van der Waals surface area (Å²) in [6.07, 6.45) is 4.64. The van der Waals surface area contributed by atoms with Gasteiger partial charge >= 0.3 is 0 Å². The van der Waals surface area contributed by atoms with Crippen molar-refractivity contribution in [2.75, 3.05) is 38.0 Å². The Bertz CT molecular complexity index is 834. The van der Waals surface area contributed by atoms with Crippen molar-refractivity contribution in [2.24, 2.45) is 0 Å². The lowest BCUT2D eigenvalue weighted by molar-refractivity contribution is -0.117. The smallest absolute Gasteiger partial charge is 0.264 e. The van der Waals surface area contributed by atoms with Gasteiger partial charge in [0.05, 0.1) is 11.4 Å². The first-order valence-corrected chi connectivity index (χ1v) is 10.6. The molecule has 148 valence electrons. The molecule has 0 unspecified atom stereocenters. The fourth-order valence-corrected chi connectivity index (χ4v) is 5.02. The van der Waals surface area contributed by atoms with Crippen LogP contribution in [0.3, 0.4) is 0 Å². The minimum atomic E-state index is -0.328. The molecule has 4 rings (SSSR count). The van der Waals surface area contributed by atoms with E-state index in [-0.39, 0.29) is 24.2 Å². The number of nitrogens with one attached hydrogen (secondary N) is 1. The maximum Gasteiger partial charge on any atom is 0.264 e. The molecule has 0 radical (unpaired) electrons. The molecule has 0 bridgehead atoms. The van der Waals surface area contributed by atoms with Gasteiger partial charge in [-0.15, -0.1) is 11.3 Å². The summed E-state index contributed by atoms with van der Waals surface area (Å²) < 4.78 is 12.9. The van der Waals surface area contributed by atoms with Gasteiger partial charge in [0.2, 0.25) is 5.91 Å². The fourth-order valence-electron chi connectivity index (χ4n) is 3.80. The third-order valence-corrected chi connectivity index (χ3v) is 6.59. The van der Waals surface area contributed by atoms with E-state index in [2.05, 4.69) is 11.4 Å². The largest absolute Gasteiger partial charge is 0.335 e. The van der Waals surface area contributed by atoms with E-state index in [0.717, 1.165) is 17.7 Å². The van der Waals surface area contributed by atoms with Crippen LogP contribution in [0.1, 0.15) is 33.0 Å². The maximum absolute atomic E-state index is 12.9. The molecule has 1 fully saturated rings. The van der Waals surface area contributed by atoms with E-state index in [1.807, 2.05) is 9.80 Å². The molecule has 0 spiro atoms. The van der Waals surface area contributed by atoms with Crippen molar-refractivity contribution in [3.63, 3.8) is 0 Å². The lowest BCUT2D eigenvalue weighted by atomic mass is 9.99. The Labute approximate surface area is 168 Å². The summed E-state index contributed by atoms with van der Waals surface area (Å²) in [5.74, 6) is -0.336. The van der Waals surface area contributed by atoms with Crippen LogP contribution in [-0.4, -0.2) is 54.3 Å². The number of aryl methyl sites for hydroxylation is 2. The fraction of sp³-hybridized carbons (Fsp3) is 0.429. The Hall–Kier alpha value is -2.25. The van der Waals surface area contributed by atoms with Crippen molar-refractivity contribution < 1.29 is 14.0 Å². The molecule has 1 aromatic heterocycles. The lowest BCUT2D eigenvalue weighted by Gasteiger charge is -2.34. The third-order valence-electron chi connectivity index (χ3n) is 5.36. The summed E-state index contributed by atoms with van der Waals surface area (Å²) in [5, 5.41) is 2.78. The normalized spacial score (nSPS) is 17.2. The number of anilines is 1. The average Bonchev–Trinajstić information content (AvgIpc) is 3.14. The number of piperazine rings is 1. The predicted octanol–water partition coefficient (Wildman–Crippen LogP) is 3.16. The van der Waals surface area contributed by atoms with Crippen molar-refractivity contribution in [1.82, 2.24) is 9.80 Å². The van der Waals surface area contributed by atoms with E-state index in [4.69, 9.17) is 0 Å². The number of nitrogens with zero attached hydrogens (tertiary/aromatic N) is 2. The molecule has 1 N–H and O–H groups in total. The van der Waals surface area contributed by atoms with Crippen LogP contribution in [0.2, 0.25) is 0 Å². The molecule has 1 aliphatic carbocycles. The zero-order chi connectivity index (χ0) is 19.5. The SMILES string of the molecule is O=C(CN1CCN(C(=O)c2cc3c(s2)CCCC3)CC1)Nc1ccc(F)cc1. The average molecular weight is 402 g/mol. The Balaban J connectivity index is 1.27. The highest BCUT2D eigenvalue weighted by atomic mass is 32.1. The summed E-state index contributed by atoms with van der Waals surface area (Å²) in [7, 11) is 0. The van der Waals surface area contributed by atoms with Gasteiger partial charge in [-0.05, 0) is 61.6 Å². The zero-order valence-electron chi connectivity index (χ0n) is 15.7. The summed E-state index contributed by atoms with van der Waals surface area (Å²) >= 11 is 1.66. The Morgan fingerprint density at radius 1 is 1.04 bits per heavy atom. The van der Waals surface area contributed by atoms with Gasteiger partial charge in [0, 0.05) is 36.7 Å². The Morgan fingerprint density at radius 2 is 1.75 bits per heavy atom. The van der Waals surface area contributed by atoms with Gasteiger partial charge in [-0.1, -0.05) is 0 Å². The highest BCUT2D eigenvalue weighted by Crippen LogP contribution is 2.30. The quantitative estimate of drug-likeness (QED) is 0.856. The molecule has 7 heteroatoms. The number of rotatable bonds is 4. The first-order chi connectivity index (χ1) is 13.6. The molecule has 2 aromatic rings. The van der Waals surface area contributed by atoms with Crippen LogP contribution in [0.25, 0.3) is 0 Å². The van der Waals surface area contributed by atoms with E-state index >= 15 is 0 Å². The van der Waals surface area contributed by atoms with Gasteiger partial charge in [0.25, 0.3) is 5.91 Å². The van der Waals surface area contributed by atoms with Crippen molar-refractivity contribution in [2.45, 2.75) is 25.7 Å². The number of fused-ring (bicyclic) bond motifs is 1. The van der Waals surface area contributed by atoms with Crippen LogP contribution in [0.15, 0.2) is 30.3 Å². The number of thiophene rings is 1.